The largest absolute Gasteiger partial charge is 0.445 e. The third kappa shape index (κ3) is 1.94. The minimum atomic E-state index is -0.372. The maximum Gasteiger partial charge on any atom is 0.411 e. The summed E-state index contributed by atoms with van der Waals surface area (Å²) in [5.41, 5.74) is 1.15. The monoisotopic (exact) mass is 270 g/mol. The predicted molar refractivity (Wildman–Crippen MR) is 73.5 cm³/mol. The molecule has 1 saturated carbocycles. The molecule has 4 heteroatoms. The maximum absolute atomic E-state index is 12.1. The van der Waals surface area contributed by atoms with E-state index in [1.165, 1.54) is 0 Å². The van der Waals surface area contributed by atoms with Crippen molar-refractivity contribution in [2.45, 2.75) is 26.5 Å². The van der Waals surface area contributed by atoms with Crippen molar-refractivity contribution in [2.75, 3.05) is 6.54 Å². The molecule has 1 aromatic carbocycles. The lowest BCUT2D eigenvalue weighted by Crippen LogP contribution is -2.40. The van der Waals surface area contributed by atoms with Crippen LogP contribution in [0.15, 0.2) is 30.3 Å². The highest BCUT2D eigenvalue weighted by Gasteiger charge is 2.68. The summed E-state index contributed by atoms with van der Waals surface area (Å²) >= 11 is 0. The van der Waals surface area contributed by atoms with Crippen molar-refractivity contribution in [1.29, 1.82) is 5.26 Å². The van der Waals surface area contributed by atoms with Gasteiger partial charge in [0.15, 0.2) is 0 Å². The molecule has 2 unspecified atom stereocenters. The topological polar surface area (TPSA) is 53.3 Å². The predicted octanol–water partition coefficient (Wildman–Crippen LogP) is 2.80. The molecule has 3 atom stereocenters. The van der Waals surface area contributed by atoms with Gasteiger partial charge in [-0.15, -0.1) is 0 Å². The van der Waals surface area contributed by atoms with Crippen LogP contribution in [0.25, 0.3) is 0 Å². The van der Waals surface area contributed by atoms with Crippen molar-refractivity contribution in [3.05, 3.63) is 35.9 Å². The van der Waals surface area contributed by atoms with E-state index in [9.17, 15) is 10.1 Å². The van der Waals surface area contributed by atoms with E-state index in [4.69, 9.17) is 4.74 Å². The van der Waals surface area contributed by atoms with E-state index in [1.807, 2.05) is 30.3 Å². The second kappa shape index (κ2) is 4.52. The van der Waals surface area contributed by atoms with Gasteiger partial charge in [-0.3, -0.25) is 4.90 Å². The van der Waals surface area contributed by atoms with Crippen LogP contribution < -0.4 is 0 Å². The molecule has 1 aromatic rings. The first-order valence-electron chi connectivity index (χ1n) is 6.92. The molecule has 1 amide bonds. The van der Waals surface area contributed by atoms with Crippen molar-refractivity contribution >= 4 is 6.09 Å². The molecule has 0 radical (unpaired) electrons. The molecule has 1 aliphatic heterocycles. The summed E-state index contributed by atoms with van der Waals surface area (Å²) in [6.45, 7) is 5.23. The molecule has 0 aromatic heterocycles. The van der Waals surface area contributed by atoms with E-state index in [-0.39, 0.29) is 24.2 Å². The first kappa shape index (κ1) is 13.0. The lowest BCUT2D eigenvalue weighted by Gasteiger charge is -2.25. The van der Waals surface area contributed by atoms with Crippen LogP contribution >= 0.6 is 0 Å². The smallest absolute Gasteiger partial charge is 0.411 e. The zero-order chi connectivity index (χ0) is 14.3. The van der Waals surface area contributed by atoms with Gasteiger partial charge in [0.2, 0.25) is 0 Å². The summed E-state index contributed by atoms with van der Waals surface area (Å²) in [5.74, 6) is 0.744. The molecule has 1 heterocycles. The average molecular weight is 270 g/mol. The number of piperidine rings is 1. The van der Waals surface area contributed by atoms with Crippen LogP contribution in [0.4, 0.5) is 4.79 Å². The van der Waals surface area contributed by atoms with Crippen LogP contribution in [0.3, 0.4) is 0 Å². The van der Waals surface area contributed by atoms with Gasteiger partial charge in [0.1, 0.15) is 12.6 Å². The summed E-state index contributed by atoms with van der Waals surface area (Å²) in [6.07, 6.45) is -0.372. The molecule has 0 spiro atoms. The average Bonchev–Trinajstić information content (AvgIpc) is 2.84. The van der Waals surface area contributed by atoms with Crippen LogP contribution in [0, 0.1) is 28.6 Å². The Labute approximate surface area is 118 Å². The highest BCUT2D eigenvalue weighted by atomic mass is 16.6. The van der Waals surface area contributed by atoms with Gasteiger partial charge in [-0.05, 0) is 16.9 Å². The summed E-state index contributed by atoms with van der Waals surface area (Å²) in [4.78, 5) is 13.7. The number of amides is 1. The van der Waals surface area contributed by atoms with Crippen LogP contribution in [0.5, 0.6) is 0 Å². The fourth-order valence-corrected chi connectivity index (χ4v) is 3.42. The summed E-state index contributed by atoms with van der Waals surface area (Å²) in [7, 11) is 0. The van der Waals surface area contributed by atoms with Crippen molar-refractivity contribution in [3.8, 4) is 6.07 Å². The van der Waals surface area contributed by atoms with E-state index in [1.54, 1.807) is 4.90 Å². The van der Waals surface area contributed by atoms with Gasteiger partial charge in [0.05, 0.1) is 6.07 Å². The molecule has 4 nitrogen and oxygen atoms in total. The number of carbonyl (C=O) groups excluding carboxylic acids is 1. The number of ether oxygens (including phenoxy) is 1. The first-order chi connectivity index (χ1) is 9.55. The molecule has 104 valence electrons. The fraction of sp³-hybridized carbons (Fsp3) is 0.500. The summed E-state index contributed by atoms with van der Waals surface area (Å²) in [6, 6.07) is 11.5. The van der Waals surface area contributed by atoms with Crippen LogP contribution in [-0.2, 0) is 11.3 Å². The first-order valence-corrected chi connectivity index (χ1v) is 6.92. The Morgan fingerprint density at radius 3 is 2.80 bits per heavy atom. The molecule has 1 saturated heterocycles. The van der Waals surface area contributed by atoms with Gasteiger partial charge in [-0.1, -0.05) is 44.2 Å². The lowest BCUT2D eigenvalue weighted by molar-refractivity contribution is 0.0880. The Bertz CT molecular complexity index is 562. The summed E-state index contributed by atoms with van der Waals surface area (Å²) < 4.78 is 5.32. The quantitative estimate of drug-likeness (QED) is 0.830. The number of benzene rings is 1. The van der Waals surface area contributed by atoms with Crippen LogP contribution in [0.1, 0.15) is 19.4 Å². The van der Waals surface area contributed by atoms with Crippen LogP contribution in [-0.4, -0.2) is 23.6 Å². The van der Waals surface area contributed by atoms with Gasteiger partial charge in [-0.2, -0.15) is 5.26 Å². The van der Waals surface area contributed by atoms with Crippen LogP contribution in [0.2, 0.25) is 0 Å². The second-order valence-corrected chi connectivity index (χ2v) is 6.22. The number of carbonyl (C=O) groups is 1. The number of hydrogen-bond acceptors (Lipinski definition) is 3. The van der Waals surface area contributed by atoms with Gasteiger partial charge < -0.3 is 4.74 Å². The van der Waals surface area contributed by atoms with Gasteiger partial charge in [-0.25, -0.2) is 4.79 Å². The Balaban J connectivity index is 1.61. The SMILES string of the molecule is CC1(C)C2CN(C(=O)OCc3ccccc3)[C@H](C#N)C21. The van der Waals surface area contributed by atoms with Gasteiger partial charge in [0, 0.05) is 12.5 Å². The number of nitrogens with zero attached hydrogens (tertiary/aromatic N) is 2. The minimum absolute atomic E-state index is 0.191. The van der Waals surface area contributed by atoms with E-state index < -0.39 is 0 Å². The molecule has 2 aliphatic rings. The van der Waals surface area contributed by atoms with Crippen molar-refractivity contribution in [3.63, 3.8) is 0 Å². The maximum atomic E-state index is 12.1. The fourth-order valence-electron chi connectivity index (χ4n) is 3.42. The van der Waals surface area contributed by atoms with Crippen molar-refractivity contribution < 1.29 is 9.53 Å². The Morgan fingerprint density at radius 2 is 2.15 bits per heavy atom. The molecule has 20 heavy (non-hydrogen) atoms. The molecule has 0 bridgehead atoms. The number of nitriles is 1. The zero-order valence-corrected chi connectivity index (χ0v) is 11.7. The minimum Gasteiger partial charge on any atom is -0.445 e. The normalized spacial score (nSPS) is 29.4. The Hall–Kier alpha value is -2.02. The lowest BCUT2D eigenvalue weighted by atomic mass is 10.0. The van der Waals surface area contributed by atoms with E-state index in [0.29, 0.717) is 18.4 Å². The van der Waals surface area contributed by atoms with E-state index in [0.717, 1.165) is 5.56 Å². The number of fused-ring (bicyclic) bond motifs is 1. The molecule has 1 aliphatic carbocycles. The Morgan fingerprint density at radius 1 is 1.45 bits per heavy atom. The molecular formula is C16H18N2O2. The standard InChI is InChI=1S/C16H18N2O2/c1-16(2)12-9-18(13(8-17)14(12)16)15(19)20-10-11-6-4-3-5-7-11/h3-7,12-14H,9-10H2,1-2H3/t12?,13-,14?/m1/s1. The molecule has 0 N–H and O–H groups in total. The third-order valence-electron chi connectivity index (χ3n) is 4.78. The number of hydrogen-bond donors (Lipinski definition) is 0. The van der Waals surface area contributed by atoms with Gasteiger partial charge >= 0.3 is 6.09 Å². The van der Waals surface area contributed by atoms with E-state index in [2.05, 4.69) is 19.9 Å². The van der Waals surface area contributed by atoms with E-state index >= 15 is 0 Å². The molecule has 3 rings (SSSR count). The zero-order valence-electron chi connectivity index (χ0n) is 11.7. The van der Waals surface area contributed by atoms with Crippen molar-refractivity contribution in [1.82, 2.24) is 4.90 Å². The van der Waals surface area contributed by atoms with Crippen molar-refractivity contribution in [2.24, 2.45) is 17.3 Å². The molecule has 2 fully saturated rings. The highest BCUT2D eigenvalue weighted by molar-refractivity contribution is 5.70. The molecular weight excluding hydrogens is 252 g/mol. The summed E-state index contributed by atoms with van der Waals surface area (Å²) in [5, 5.41) is 9.30. The Kier molecular flexibility index (Phi) is 2.93. The third-order valence-corrected chi connectivity index (χ3v) is 4.78. The number of rotatable bonds is 2. The number of likely N-dealkylation sites (tertiary alicyclic amines) is 1. The second-order valence-electron chi connectivity index (χ2n) is 6.22. The van der Waals surface area contributed by atoms with Gasteiger partial charge in [0.25, 0.3) is 0 Å². The highest BCUT2D eigenvalue weighted by Crippen LogP contribution is 2.64.